The normalized spacial score (nSPS) is 21.0. The van der Waals surface area contributed by atoms with Crippen molar-refractivity contribution in [3.05, 3.63) is 53.6 Å². The van der Waals surface area contributed by atoms with Crippen LogP contribution in [0.4, 0.5) is 4.39 Å². The second-order valence-electron chi connectivity index (χ2n) is 7.82. The number of piperidine rings is 1. The molecule has 4 rings (SSSR count). The highest BCUT2D eigenvalue weighted by molar-refractivity contribution is 5.79. The van der Waals surface area contributed by atoms with Gasteiger partial charge in [0.2, 0.25) is 5.91 Å². The molecule has 0 saturated carbocycles. The largest absolute Gasteiger partial charge is 0.340 e. The molecule has 1 unspecified atom stereocenters. The molecule has 2 fully saturated rings. The molecular weight excluding hydrogens is 357 g/mol. The molecular formula is C21H28FN5O. The fraction of sp³-hybridized carbons (Fsp3) is 0.524. The van der Waals surface area contributed by atoms with Crippen molar-refractivity contribution in [1.29, 1.82) is 0 Å². The molecule has 1 aromatic heterocycles. The number of nitrogens with one attached hydrogen (secondary N) is 1. The zero-order valence-corrected chi connectivity index (χ0v) is 16.2. The van der Waals surface area contributed by atoms with Crippen LogP contribution in [-0.2, 0) is 17.9 Å². The monoisotopic (exact) mass is 385 g/mol. The van der Waals surface area contributed by atoms with Crippen LogP contribution in [0.5, 0.6) is 0 Å². The van der Waals surface area contributed by atoms with Crippen LogP contribution in [0, 0.1) is 11.7 Å². The zero-order chi connectivity index (χ0) is 19.3. The molecule has 2 aliphatic heterocycles. The van der Waals surface area contributed by atoms with E-state index in [0.29, 0.717) is 12.5 Å². The van der Waals surface area contributed by atoms with E-state index < -0.39 is 0 Å². The number of rotatable bonds is 5. The van der Waals surface area contributed by atoms with Crippen molar-refractivity contribution in [2.75, 3.05) is 39.3 Å². The molecule has 1 amide bonds. The Kier molecular flexibility index (Phi) is 6.02. The van der Waals surface area contributed by atoms with Gasteiger partial charge in [0.1, 0.15) is 5.82 Å². The van der Waals surface area contributed by atoms with Gasteiger partial charge in [0.15, 0.2) is 0 Å². The van der Waals surface area contributed by atoms with Gasteiger partial charge in [0.05, 0.1) is 18.7 Å². The first-order valence-electron chi connectivity index (χ1n) is 10.1. The fourth-order valence-corrected chi connectivity index (χ4v) is 4.15. The Morgan fingerprint density at radius 1 is 1.11 bits per heavy atom. The van der Waals surface area contributed by atoms with E-state index in [0.717, 1.165) is 69.8 Å². The number of hydrogen-bond acceptors (Lipinski definition) is 4. The van der Waals surface area contributed by atoms with Crippen LogP contribution in [-0.4, -0.2) is 64.8 Å². The topological polar surface area (TPSA) is 53.4 Å². The number of halogens is 1. The van der Waals surface area contributed by atoms with Crippen LogP contribution in [0.2, 0.25) is 0 Å². The lowest BCUT2D eigenvalue weighted by Crippen LogP contribution is -2.51. The quantitative estimate of drug-likeness (QED) is 0.852. The van der Waals surface area contributed by atoms with Gasteiger partial charge in [-0.25, -0.2) is 4.39 Å². The lowest BCUT2D eigenvalue weighted by molar-refractivity contribution is -0.138. The van der Waals surface area contributed by atoms with Crippen LogP contribution in [0.25, 0.3) is 0 Å². The Hall–Kier alpha value is -2.25. The molecule has 150 valence electrons. The maximum Gasteiger partial charge on any atom is 0.227 e. The number of likely N-dealkylation sites (tertiary alicyclic amines) is 1. The Morgan fingerprint density at radius 3 is 2.68 bits per heavy atom. The molecule has 0 bridgehead atoms. The first-order chi connectivity index (χ1) is 13.7. The van der Waals surface area contributed by atoms with E-state index in [4.69, 9.17) is 0 Å². The lowest BCUT2D eigenvalue weighted by Gasteiger charge is -2.36. The molecule has 0 spiro atoms. The minimum atomic E-state index is -0.222. The van der Waals surface area contributed by atoms with E-state index in [9.17, 15) is 9.18 Å². The second kappa shape index (κ2) is 8.84. The maximum atomic E-state index is 13.0. The number of hydrogen-bond donors (Lipinski definition) is 1. The van der Waals surface area contributed by atoms with Crippen LogP contribution < -0.4 is 5.32 Å². The van der Waals surface area contributed by atoms with Crippen molar-refractivity contribution in [3.63, 3.8) is 0 Å². The first kappa shape index (κ1) is 19.1. The Balaban J connectivity index is 1.32. The summed E-state index contributed by atoms with van der Waals surface area (Å²) in [6.07, 6.45) is 5.99. The van der Waals surface area contributed by atoms with Gasteiger partial charge in [-0.15, -0.1) is 0 Å². The third-order valence-electron chi connectivity index (χ3n) is 5.63. The van der Waals surface area contributed by atoms with Gasteiger partial charge in [-0.3, -0.25) is 14.4 Å². The SMILES string of the molecule is O=C(C1CCCN(Cc2cnn(Cc3ccc(F)cc3)c2)C1)N1CCNCC1. The average Bonchev–Trinajstić information content (AvgIpc) is 3.17. The van der Waals surface area contributed by atoms with Gasteiger partial charge in [-0.05, 0) is 37.1 Å². The summed E-state index contributed by atoms with van der Waals surface area (Å²) in [4.78, 5) is 17.2. The summed E-state index contributed by atoms with van der Waals surface area (Å²) in [6, 6.07) is 6.52. The van der Waals surface area contributed by atoms with Crippen molar-refractivity contribution >= 4 is 5.91 Å². The number of amides is 1. The summed E-state index contributed by atoms with van der Waals surface area (Å²) in [6.45, 7) is 6.74. The second-order valence-corrected chi connectivity index (χ2v) is 7.82. The fourth-order valence-electron chi connectivity index (χ4n) is 4.15. The van der Waals surface area contributed by atoms with Crippen molar-refractivity contribution in [2.45, 2.75) is 25.9 Å². The number of aromatic nitrogens is 2. The third-order valence-corrected chi connectivity index (χ3v) is 5.63. The Bertz CT molecular complexity index is 784. The molecule has 7 heteroatoms. The summed E-state index contributed by atoms with van der Waals surface area (Å²) >= 11 is 0. The minimum Gasteiger partial charge on any atom is -0.340 e. The first-order valence-corrected chi connectivity index (χ1v) is 10.1. The van der Waals surface area contributed by atoms with E-state index >= 15 is 0 Å². The van der Waals surface area contributed by atoms with Gasteiger partial charge in [-0.2, -0.15) is 5.10 Å². The van der Waals surface area contributed by atoms with Crippen LogP contribution in [0.3, 0.4) is 0 Å². The van der Waals surface area contributed by atoms with Crippen molar-refractivity contribution < 1.29 is 9.18 Å². The minimum absolute atomic E-state index is 0.112. The zero-order valence-electron chi connectivity index (χ0n) is 16.2. The predicted octanol–water partition coefficient (Wildman–Crippen LogP) is 1.71. The summed E-state index contributed by atoms with van der Waals surface area (Å²) in [5, 5.41) is 7.75. The van der Waals surface area contributed by atoms with Crippen LogP contribution >= 0.6 is 0 Å². The number of carbonyl (C=O) groups excluding carboxylic acids is 1. The molecule has 2 saturated heterocycles. The predicted molar refractivity (Wildman–Crippen MR) is 105 cm³/mol. The highest BCUT2D eigenvalue weighted by Gasteiger charge is 2.29. The molecule has 1 N–H and O–H groups in total. The lowest BCUT2D eigenvalue weighted by atomic mass is 9.96. The van der Waals surface area contributed by atoms with E-state index in [1.165, 1.54) is 12.1 Å². The molecule has 1 aromatic carbocycles. The van der Waals surface area contributed by atoms with E-state index in [1.807, 2.05) is 22.0 Å². The van der Waals surface area contributed by atoms with E-state index in [-0.39, 0.29) is 11.7 Å². The highest BCUT2D eigenvalue weighted by atomic mass is 19.1. The molecule has 0 radical (unpaired) electrons. The Morgan fingerprint density at radius 2 is 1.89 bits per heavy atom. The molecule has 3 heterocycles. The Labute approximate surface area is 165 Å². The average molecular weight is 385 g/mol. The van der Waals surface area contributed by atoms with Crippen LogP contribution in [0.15, 0.2) is 36.7 Å². The van der Waals surface area contributed by atoms with E-state index in [2.05, 4.69) is 15.3 Å². The smallest absolute Gasteiger partial charge is 0.227 e. The van der Waals surface area contributed by atoms with Gasteiger partial charge >= 0.3 is 0 Å². The summed E-state index contributed by atoms with van der Waals surface area (Å²) < 4.78 is 14.9. The van der Waals surface area contributed by atoms with Crippen molar-refractivity contribution in [2.24, 2.45) is 5.92 Å². The van der Waals surface area contributed by atoms with Gasteiger partial charge in [-0.1, -0.05) is 12.1 Å². The number of nitrogens with zero attached hydrogens (tertiary/aromatic N) is 4. The van der Waals surface area contributed by atoms with Gasteiger partial charge in [0.25, 0.3) is 0 Å². The highest BCUT2D eigenvalue weighted by Crippen LogP contribution is 2.21. The maximum absolute atomic E-state index is 13.0. The number of piperazine rings is 1. The molecule has 2 aliphatic rings. The summed E-state index contributed by atoms with van der Waals surface area (Å²) in [5.74, 6) is 0.208. The third kappa shape index (κ3) is 4.77. The molecule has 6 nitrogen and oxygen atoms in total. The number of carbonyl (C=O) groups is 1. The number of benzene rings is 1. The van der Waals surface area contributed by atoms with Crippen LogP contribution in [0.1, 0.15) is 24.0 Å². The standard InChI is InChI=1S/C21H28FN5O/c22-20-5-3-17(4-6-20)14-27-15-18(12-24-27)13-25-9-1-2-19(16-25)21(28)26-10-7-23-8-11-26/h3-6,12,15,19,23H,1-2,7-11,13-14,16H2. The van der Waals surface area contributed by atoms with Crippen molar-refractivity contribution in [3.8, 4) is 0 Å². The van der Waals surface area contributed by atoms with Gasteiger partial charge in [0, 0.05) is 51.0 Å². The van der Waals surface area contributed by atoms with Gasteiger partial charge < -0.3 is 10.2 Å². The van der Waals surface area contributed by atoms with E-state index in [1.54, 1.807) is 12.1 Å². The summed E-state index contributed by atoms with van der Waals surface area (Å²) in [7, 11) is 0. The summed E-state index contributed by atoms with van der Waals surface area (Å²) in [5.41, 5.74) is 2.17. The molecule has 2 aromatic rings. The molecule has 28 heavy (non-hydrogen) atoms. The van der Waals surface area contributed by atoms with Crippen molar-refractivity contribution in [1.82, 2.24) is 24.9 Å². The molecule has 0 aliphatic carbocycles. The molecule has 1 atom stereocenters.